The van der Waals surface area contributed by atoms with Gasteiger partial charge in [-0.25, -0.2) is 0 Å². The van der Waals surface area contributed by atoms with Crippen molar-refractivity contribution in [1.82, 2.24) is 0 Å². The number of nitro benzene ring substituents is 1. The molecule has 1 rings (SSSR count). The summed E-state index contributed by atoms with van der Waals surface area (Å²) >= 11 is 0. The lowest BCUT2D eigenvalue weighted by Gasteiger charge is -2.07. The van der Waals surface area contributed by atoms with E-state index in [1.807, 2.05) is 0 Å². The van der Waals surface area contributed by atoms with Gasteiger partial charge in [0.25, 0.3) is 5.69 Å². The minimum Gasteiger partial charge on any atom is -0.258 e. The molecule has 0 aromatic heterocycles. The summed E-state index contributed by atoms with van der Waals surface area (Å²) in [4.78, 5) is 10.0. The summed E-state index contributed by atoms with van der Waals surface area (Å²) in [5.41, 5.74) is -0.265. The van der Waals surface area contributed by atoms with Crippen LogP contribution in [0.25, 0.3) is 0 Å². The van der Waals surface area contributed by atoms with Crippen molar-refractivity contribution < 1.29 is 9.31 Å². The molecule has 1 atom stereocenters. The first-order chi connectivity index (χ1) is 7.11. The fourth-order valence-corrected chi connectivity index (χ4v) is 1.27. The summed E-state index contributed by atoms with van der Waals surface area (Å²) in [6.07, 6.45) is 0. The van der Waals surface area contributed by atoms with E-state index in [2.05, 4.69) is 6.92 Å². The topological polar surface area (TPSA) is 66.9 Å². The number of alkyl halides is 1. The van der Waals surface area contributed by atoms with Gasteiger partial charge in [0, 0.05) is 11.5 Å². The van der Waals surface area contributed by atoms with Gasteiger partial charge in [0.1, 0.15) is 11.6 Å². The Morgan fingerprint density at radius 1 is 1.67 bits per heavy atom. The Hall–Kier alpha value is -1.96. The highest BCUT2D eigenvalue weighted by Crippen LogP contribution is 2.29. The molecule has 0 saturated heterocycles. The zero-order chi connectivity index (χ0) is 11.4. The molecule has 0 amide bonds. The van der Waals surface area contributed by atoms with Crippen molar-refractivity contribution >= 4 is 5.69 Å². The summed E-state index contributed by atoms with van der Waals surface area (Å²) < 4.78 is 12.4. The van der Waals surface area contributed by atoms with Crippen LogP contribution < -0.4 is 0 Å². The summed E-state index contributed by atoms with van der Waals surface area (Å²) in [5.74, 6) is -0.821. The molecule has 5 heteroatoms. The van der Waals surface area contributed by atoms with Gasteiger partial charge in [-0.15, -0.1) is 0 Å². The quantitative estimate of drug-likeness (QED) is 0.564. The van der Waals surface area contributed by atoms with E-state index in [0.29, 0.717) is 0 Å². The van der Waals surface area contributed by atoms with E-state index in [-0.39, 0.29) is 16.8 Å². The van der Waals surface area contributed by atoms with Gasteiger partial charge in [-0.05, 0) is 13.0 Å². The number of hydrogen-bond acceptors (Lipinski definition) is 3. The number of nitrogens with zero attached hydrogens (tertiary/aromatic N) is 2. The normalized spacial score (nSPS) is 11.8. The van der Waals surface area contributed by atoms with Crippen molar-refractivity contribution in [2.75, 3.05) is 6.67 Å². The molecule has 0 aliphatic rings. The number of rotatable bonds is 3. The van der Waals surface area contributed by atoms with Crippen LogP contribution in [0.4, 0.5) is 10.1 Å². The van der Waals surface area contributed by atoms with Gasteiger partial charge < -0.3 is 0 Å². The molecule has 1 radical (unpaired) electrons. The molecule has 77 valence electrons. The van der Waals surface area contributed by atoms with Crippen molar-refractivity contribution in [2.45, 2.75) is 5.92 Å². The van der Waals surface area contributed by atoms with E-state index < -0.39 is 17.5 Å². The fourth-order valence-electron chi connectivity index (χ4n) is 1.27. The molecule has 1 aromatic carbocycles. The van der Waals surface area contributed by atoms with Crippen molar-refractivity contribution in [3.63, 3.8) is 0 Å². The first-order valence-electron chi connectivity index (χ1n) is 4.18. The van der Waals surface area contributed by atoms with Crippen molar-refractivity contribution in [3.05, 3.63) is 46.4 Å². The number of nitro groups is 1. The van der Waals surface area contributed by atoms with E-state index >= 15 is 0 Å². The van der Waals surface area contributed by atoms with Crippen LogP contribution in [-0.4, -0.2) is 11.6 Å². The second-order valence-electron chi connectivity index (χ2n) is 2.96. The van der Waals surface area contributed by atoms with Crippen LogP contribution in [0.3, 0.4) is 0 Å². The number of para-hydroxylation sites is 1. The summed E-state index contributed by atoms with van der Waals surface area (Å²) in [7, 11) is 0. The molecule has 0 fully saturated rings. The Kier molecular flexibility index (Phi) is 3.34. The van der Waals surface area contributed by atoms with Gasteiger partial charge in [0.05, 0.1) is 11.6 Å². The average molecular weight is 207 g/mol. The van der Waals surface area contributed by atoms with Gasteiger partial charge >= 0.3 is 0 Å². The van der Waals surface area contributed by atoms with Gasteiger partial charge in [0.2, 0.25) is 0 Å². The van der Waals surface area contributed by atoms with E-state index in [0.717, 1.165) is 0 Å². The van der Waals surface area contributed by atoms with E-state index in [1.54, 1.807) is 6.07 Å². The minimum absolute atomic E-state index is 0.0698. The Labute approximate surface area is 86.1 Å². The molecule has 0 aliphatic heterocycles. The first kappa shape index (κ1) is 11.1. The zero-order valence-electron chi connectivity index (χ0n) is 7.81. The van der Waals surface area contributed by atoms with Crippen LogP contribution in [0, 0.1) is 28.4 Å². The van der Waals surface area contributed by atoms with Gasteiger partial charge in [0.15, 0.2) is 0 Å². The summed E-state index contributed by atoms with van der Waals surface area (Å²) in [6, 6.07) is 5.92. The third-order valence-corrected chi connectivity index (χ3v) is 2.00. The number of nitriles is 1. The lowest BCUT2D eigenvalue weighted by atomic mass is 9.98. The van der Waals surface area contributed by atoms with Crippen LogP contribution in [0.5, 0.6) is 0 Å². The van der Waals surface area contributed by atoms with Crippen molar-refractivity contribution in [1.29, 1.82) is 5.26 Å². The third kappa shape index (κ3) is 2.10. The van der Waals surface area contributed by atoms with E-state index in [9.17, 15) is 14.5 Å². The molecule has 0 bridgehead atoms. The molecule has 0 saturated carbocycles. The smallest absolute Gasteiger partial charge is 0.258 e. The maximum atomic E-state index is 12.4. The monoisotopic (exact) mass is 207 g/mol. The Bertz CT molecular complexity index is 426. The predicted octanol–water partition coefficient (Wildman–Crippen LogP) is 2.35. The second-order valence-corrected chi connectivity index (χ2v) is 2.96. The maximum absolute atomic E-state index is 12.4. The predicted molar refractivity (Wildman–Crippen MR) is 51.9 cm³/mol. The first-order valence-corrected chi connectivity index (χ1v) is 4.18. The largest absolute Gasteiger partial charge is 0.290 e. The molecule has 1 unspecified atom stereocenters. The molecular weight excluding hydrogens is 199 g/mol. The van der Waals surface area contributed by atoms with Crippen LogP contribution in [0.1, 0.15) is 17.0 Å². The SMILES string of the molecule is [CH2]C(CF)c1cccc(C#N)c1[N+](=O)[O-]. The van der Waals surface area contributed by atoms with E-state index in [1.165, 1.54) is 18.2 Å². The Morgan fingerprint density at radius 2 is 2.33 bits per heavy atom. The zero-order valence-corrected chi connectivity index (χ0v) is 7.81. The number of halogens is 1. The number of benzene rings is 1. The molecule has 0 heterocycles. The van der Waals surface area contributed by atoms with Gasteiger partial charge in [-0.3, -0.25) is 14.5 Å². The van der Waals surface area contributed by atoms with Gasteiger partial charge in [-0.1, -0.05) is 12.1 Å². The molecule has 15 heavy (non-hydrogen) atoms. The molecule has 4 nitrogen and oxygen atoms in total. The van der Waals surface area contributed by atoms with Crippen LogP contribution in [0.15, 0.2) is 18.2 Å². The Balaban J connectivity index is 3.40. The Morgan fingerprint density at radius 3 is 2.80 bits per heavy atom. The highest BCUT2D eigenvalue weighted by Gasteiger charge is 2.22. The highest BCUT2D eigenvalue weighted by molar-refractivity contribution is 5.55. The van der Waals surface area contributed by atoms with Crippen LogP contribution in [-0.2, 0) is 0 Å². The van der Waals surface area contributed by atoms with Crippen molar-refractivity contribution in [2.24, 2.45) is 0 Å². The molecular formula is C10H8FN2O2. The summed E-state index contributed by atoms with van der Waals surface area (Å²) in [5, 5.41) is 19.4. The lowest BCUT2D eigenvalue weighted by molar-refractivity contribution is -0.386. The maximum Gasteiger partial charge on any atom is 0.290 e. The van der Waals surface area contributed by atoms with Crippen LogP contribution >= 0.6 is 0 Å². The molecule has 0 N–H and O–H groups in total. The molecule has 1 aromatic rings. The number of hydrogen-bond donors (Lipinski definition) is 0. The summed E-state index contributed by atoms with van der Waals surface area (Å²) in [6.45, 7) is 2.66. The molecule has 0 aliphatic carbocycles. The minimum atomic E-state index is -0.821. The van der Waals surface area contributed by atoms with Crippen LogP contribution in [0.2, 0.25) is 0 Å². The lowest BCUT2D eigenvalue weighted by Crippen LogP contribution is -2.03. The average Bonchev–Trinajstić information content (AvgIpc) is 2.26. The highest BCUT2D eigenvalue weighted by atomic mass is 19.1. The van der Waals surface area contributed by atoms with Crippen molar-refractivity contribution in [3.8, 4) is 6.07 Å². The third-order valence-electron chi connectivity index (χ3n) is 2.00. The van der Waals surface area contributed by atoms with Gasteiger partial charge in [-0.2, -0.15) is 5.26 Å². The fraction of sp³-hybridized carbons (Fsp3) is 0.200. The van der Waals surface area contributed by atoms with E-state index in [4.69, 9.17) is 5.26 Å². The second kappa shape index (κ2) is 4.51. The molecule has 0 spiro atoms. The standard InChI is InChI=1S/C10H8FN2O2/c1-7(5-11)9-4-2-3-8(6-12)10(9)13(14)15/h2-4,7H,1,5H2.